The lowest BCUT2D eigenvalue weighted by Gasteiger charge is -2.21. The number of aliphatic hydroxyl groups is 2. The van der Waals surface area contributed by atoms with Gasteiger partial charge in [-0.2, -0.15) is 0 Å². The normalized spacial score (nSPS) is 15.0. The monoisotopic (exact) mass is 1240 g/mol. The highest BCUT2D eigenvalue weighted by Crippen LogP contribution is 2.45. The van der Waals surface area contributed by atoms with Crippen molar-refractivity contribution in [3.63, 3.8) is 0 Å². The molecule has 16 nitrogen and oxygen atoms in total. The van der Waals surface area contributed by atoms with Gasteiger partial charge in [0.25, 0.3) is 0 Å². The van der Waals surface area contributed by atoms with E-state index in [1.165, 1.54) is 44.9 Å². The molecule has 18 heteroatoms. The number of phosphoric ester groups is 2. The van der Waals surface area contributed by atoms with Crippen molar-refractivity contribution in [1.29, 1.82) is 0 Å². The largest absolute Gasteiger partial charge is 0.472 e. The van der Waals surface area contributed by atoms with Crippen LogP contribution in [0, 0.1) is 0 Å². The van der Waals surface area contributed by atoms with Crippen molar-refractivity contribution in [2.24, 2.45) is 0 Å². The molecule has 0 saturated carbocycles. The molecule has 0 aromatic heterocycles. The van der Waals surface area contributed by atoms with Gasteiger partial charge in [0.2, 0.25) is 0 Å². The molecule has 0 amide bonds. The Labute approximate surface area is 514 Å². The minimum absolute atomic E-state index is 0.0830. The Kier molecular flexibility index (Phi) is 58.2. The number of carbonyl (C=O) groups excluding carboxylic acids is 3. The molecular weight excluding hydrogens is 1120 g/mol. The maximum Gasteiger partial charge on any atom is 0.472 e. The summed E-state index contributed by atoms with van der Waals surface area (Å²) < 4.78 is 60.7. The molecule has 0 spiro atoms. The molecule has 4 N–H and O–H groups in total. The third kappa shape index (κ3) is 61.9. The highest BCUT2D eigenvalue weighted by atomic mass is 31.2. The van der Waals surface area contributed by atoms with E-state index in [4.69, 9.17) is 32.3 Å². The first kappa shape index (κ1) is 81.5. The molecule has 0 aromatic carbocycles. The van der Waals surface area contributed by atoms with Crippen molar-refractivity contribution in [2.45, 2.75) is 270 Å². The lowest BCUT2D eigenvalue weighted by Crippen LogP contribution is -2.30. The summed E-state index contributed by atoms with van der Waals surface area (Å²) in [6.07, 6.45) is 64.6. The Morgan fingerprint density at radius 3 is 0.988 bits per heavy atom. The van der Waals surface area contributed by atoms with Gasteiger partial charge in [-0.15, -0.1) is 0 Å². The number of unbranched alkanes of at least 4 members (excludes halogenated alkanes) is 22. The van der Waals surface area contributed by atoms with Crippen molar-refractivity contribution < 1.29 is 75.8 Å². The van der Waals surface area contributed by atoms with Gasteiger partial charge in [0.1, 0.15) is 25.4 Å². The lowest BCUT2D eigenvalue weighted by atomic mass is 10.1. The average molecular weight is 1240 g/mol. The van der Waals surface area contributed by atoms with Crippen LogP contribution in [-0.2, 0) is 55.8 Å². The lowest BCUT2D eigenvalue weighted by molar-refractivity contribution is -0.161. The van der Waals surface area contributed by atoms with Gasteiger partial charge < -0.3 is 34.2 Å². The second-order valence-electron chi connectivity index (χ2n) is 21.5. The van der Waals surface area contributed by atoms with Crippen LogP contribution in [0.2, 0.25) is 0 Å². The Morgan fingerprint density at radius 2 is 0.624 bits per heavy atom. The molecule has 0 aliphatic rings. The quantitative estimate of drug-likeness (QED) is 0.0146. The zero-order valence-electron chi connectivity index (χ0n) is 52.8. The Morgan fingerprint density at radius 1 is 0.341 bits per heavy atom. The number of esters is 3. The van der Waals surface area contributed by atoms with Crippen LogP contribution in [0.3, 0.4) is 0 Å². The van der Waals surface area contributed by atoms with E-state index in [1.807, 2.05) is 0 Å². The standard InChI is InChI=1S/C67H116O16P2/c1-4-7-10-13-16-19-22-25-28-29-30-31-34-36-38-41-44-47-50-53-65(70)77-56-62(68)57-79-84(73,74)80-58-63(69)59-81-85(75,76)82-61-64(83-67(72)55-52-49-46-43-40-37-33-27-24-21-18-15-12-9-6-3)60-78-66(71)54-51-48-45-42-39-35-32-26-23-20-17-14-11-8-5-2/h8,11,16-21,25-28,30-33,62-64,68-69H,4-7,9-10,12-15,22-24,29,34-61H2,1-3H3,(H,73,74)(H,75,76)/b11-8-,19-16-,20-17-,21-18-,28-25-,31-30-,32-26-,33-27-. The highest BCUT2D eigenvalue weighted by Gasteiger charge is 2.29. The molecule has 0 rings (SSSR count). The predicted octanol–water partition coefficient (Wildman–Crippen LogP) is 17.5. The SMILES string of the molecule is CC/C=C\C/C=C\C/C=C\CCCCCCCC(=O)OCC(COP(=O)(O)OCC(O)COP(=O)(O)OCC(O)COC(=O)CCCCCCCC/C=C\C/C=C\C/C=C\CCCCC)OC(=O)CCCCCCC/C=C\C/C=C\CCCCC. The molecule has 5 atom stereocenters. The minimum Gasteiger partial charge on any atom is -0.463 e. The molecule has 0 fully saturated rings. The molecule has 0 aliphatic carbocycles. The molecule has 0 aliphatic heterocycles. The van der Waals surface area contributed by atoms with E-state index in [-0.39, 0.29) is 19.3 Å². The van der Waals surface area contributed by atoms with Crippen LogP contribution in [0.1, 0.15) is 252 Å². The first-order chi connectivity index (χ1) is 41.2. The van der Waals surface area contributed by atoms with Crippen LogP contribution in [0.15, 0.2) is 97.2 Å². The first-order valence-electron chi connectivity index (χ1n) is 32.5. The van der Waals surface area contributed by atoms with Crippen molar-refractivity contribution >= 4 is 33.6 Å². The van der Waals surface area contributed by atoms with Gasteiger partial charge in [0, 0.05) is 19.3 Å². The van der Waals surface area contributed by atoms with E-state index in [9.17, 15) is 43.5 Å². The number of hydrogen-bond acceptors (Lipinski definition) is 14. The molecular formula is C67H116O16P2. The van der Waals surface area contributed by atoms with Crippen molar-refractivity contribution in [1.82, 2.24) is 0 Å². The topological polar surface area (TPSA) is 231 Å². The third-order valence-electron chi connectivity index (χ3n) is 13.3. The summed E-state index contributed by atoms with van der Waals surface area (Å²) in [6.45, 7) is 2.44. The second kappa shape index (κ2) is 60.7. The maximum atomic E-state index is 12.9. The summed E-state index contributed by atoms with van der Waals surface area (Å²) >= 11 is 0. The van der Waals surface area contributed by atoms with Gasteiger partial charge in [-0.1, -0.05) is 208 Å². The molecule has 0 bridgehead atoms. The number of phosphoric acid groups is 2. The zero-order valence-corrected chi connectivity index (χ0v) is 54.5. The fourth-order valence-corrected chi connectivity index (χ4v) is 9.85. The van der Waals surface area contributed by atoms with E-state index in [0.717, 1.165) is 148 Å². The molecule has 490 valence electrons. The van der Waals surface area contributed by atoms with Crippen molar-refractivity contribution in [2.75, 3.05) is 39.6 Å². The summed E-state index contributed by atoms with van der Waals surface area (Å²) in [4.78, 5) is 58.2. The summed E-state index contributed by atoms with van der Waals surface area (Å²) in [5.74, 6) is -1.62. The van der Waals surface area contributed by atoms with E-state index in [0.29, 0.717) is 19.3 Å². The minimum atomic E-state index is -4.93. The molecule has 0 aromatic rings. The van der Waals surface area contributed by atoms with E-state index in [2.05, 4.69) is 118 Å². The van der Waals surface area contributed by atoms with Crippen LogP contribution < -0.4 is 0 Å². The average Bonchev–Trinajstić information content (AvgIpc) is 3.51. The van der Waals surface area contributed by atoms with Crippen LogP contribution >= 0.6 is 15.6 Å². The molecule has 85 heavy (non-hydrogen) atoms. The second-order valence-corrected chi connectivity index (χ2v) is 24.4. The van der Waals surface area contributed by atoms with Gasteiger partial charge >= 0.3 is 33.6 Å². The third-order valence-corrected chi connectivity index (χ3v) is 15.2. The first-order valence-corrected chi connectivity index (χ1v) is 35.5. The Balaban J connectivity index is 4.70. The predicted molar refractivity (Wildman–Crippen MR) is 344 cm³/mol. The van der Waals surface area contributed by atoms with Crippen LogP contribution in [0.25, 0.3) is 0 Å². The summed E-state index contributed by atoms with van der Waals surface area (Å²) in [5.41, 5.74) is 0. The fourth-order valence-electron chi connectivity index (χ4n) is 8.27. The maximum absolute atomic E-state index is 12.9. The molecule has 0 radical (unpaired) electrons. The number of hydrogen-bond donors (Lipinski definition) is 4. The molecule has 0 heterocycles. The number of ether oxygens (including phenoxy) is 3. The van der Waals surface area contributed by atoms with E-state index >= 15 is 0 Å². The van der Waals surface area contributed by atoms with Crippen LogP contribution in [0.4, 0.5) is 0 Å². The summed E-state index contributed by atoms with van der Waals surface area (Å²) in [6, 6.07) is 0. The van der Waals surface area contributed by atoms with E-state index < -0.39 is 91.5 Å². The van der Waals surface area contributed by atoms with Crippen LogP contribution in [-0.4, -0.2) is 95.9 Å². The van der Waals surface area contributed by atoms with Gasteiger partial charge in [-0.05, 0) is 122 Å². The number of aliphatic hydroxyl groups excluding tert-OH is 2. The number of allylic oxidation sites excluding steroid dienone is 16. The fraction of sp³-hybridized carbons (Fsp3) is 0.716. The number of carbonyl (C=O) groups is 3. The molecule has 5 unspecified atom stereocenters. The molecule has 0 saturated heterocycles. The summed E-state index contributed by atoms with van der Waals surface area (Å²) in [5, 5.41) is 20.5. The van der Waals surface area contributed by atoms with Gasteiger partial charge in [-0.25, -0.2) is 9.13 Å². The van der Waals surface area contributed by atoms with Crippen LogP contribution in [0.5, 0.6) is 0 Å². The Hall–Kier alpha value is -3.53. The number of rotatable bonds is 61. The van der Waals surface area contributed by atoms with Gasteiger partial charge in [0.05, 0.1) is 26.4 Å². The van der Waals surface area contributed by atoms with E-state index in [1.54, 1.807) is 0 Å². The van der Waals surface area contributed by atoms with Gasteiger partial charge in [0.15, 0.2) is 6.10 Å². The summed E-state index contributed by atoms with van der Waals surface area (Å²) in [7, 11) is -9.78. The Bertz CT molecular complexity index is 1940. The highest BCUT2D eigenvalue weighted by molar-refractivity contribution is 7.47. The van der Waals surface area contributed by atoms with Crippen molar-refractivity contribution in [3.05, 3.63) is 97.2 Å². The smallest absolute Gasteiger partial charge is 0.463 e. The van der Waals surface area contributed by atoms with Gasteiger partial charge in [-0.3, -0.25) is 32.5 Å². The zero-order chi connectivity index (χ0) is 62.4. The van der Waals surface area contributed by atoms with Crippen molar-refractivity contribution in [3.8, 4) is 0 Å².